The molecule has 7 nitrogen and oxygen atoms in total. The standard InChI is InChI=1S/C20H20ClN3O4S/c1-26-16-8-14(9-17(27-2)19(16)28-3)22-18(25)10-15-11-29-20(24-15)23-13-6-4-5-12(21)7-13/h4-9,11H,10H2,1-3H3,(H,22,25)(H,23,24). The summed E-state index contributed by atoms with van der Waals surface area (Å²) in [5, 5.41) is 9.16. The second-order valence-electron chi connectivity index (χ2n) is 5.92. The van der Waals surface area contributed by atoms with E-state index in [0.717, 1.165) is 5.69 Å². The van der Waals surface area contributed by atoms with Gasteiger partial charge >= 0.3 is 0 Å². The maximum Gasteiger partial charge on any atom is 0.230 e. The van der Waals surface area contributed by atoms with Gasteiger partial charge in [-0.15, -0.1) is 11.3 Å². The van der Waals surface area contributed by atoms with Crippen LogP contribution >= 0.6 is 22.9 Å². The van der Waals surface area contributed by atoms with E-state index in [1.807, 2.05) is 17.5 Å². The van der Waals surface area contributed by atoms with Crippen molar-refractivity contribution in [1.82, 2.24) is 4.98 Å². The number of carbonyl (C=O) groups is 1. The van der Waals surface area contributed by atoms with E-state index in [4.69, 9.17) is 25.8 Å². The van der Waals surface area contributed by atoms with Crippen LogP contribution in [0.1, 0.15) is 5.69 Å². The second-order valence-corrected chi connectivity index (χ2v) is 7.21. The number of methoxy groups -OCH3 is 3. The lowest BCUT2D eigenvalue weighted by Gasteiger charge is -2.14. The van der Waals surface area contributed by atoms with E-state index in [1.165, 1.54) is 32.7 Å². The Morgan fingerprint density at radius 3 is 2.41 bits per heavy atom. The molecule has 3 aromatic rings. The zero-order valence-corrected chi connectivity index (χ0v) is 17.7. The van der Waals surface area contributed by atoms with Gasteiger partial charge in [0.2, 0.25) is 11.7 Å². The fourth-order valence-corrected chi connectivity index (χ4v) is 3.58. The first-order valence-electron chi connectivity index (χ1n) is 8.59. The Bertz CT molecular complexity index is 984. The van der Waals surface area contributed by atoms with E-state index in [9.17, 15) is 4.79 Å². The number of hydrogen-bond donors (Lipinski definition) is 2. The van der Waals surface area contributed by atoms with Crippen molar-refractivity contribution in [2.45, 2.75) is 6.42 Å². The van der Waals surface area contributed by atoms with Gasteiger partial charge in [-0.2, -0.15) is 0 Å². The molecule has 0 unspecified atom stereocenters. The summed E-state index contributed by atoms with van der Waals surface area (Å²) in [6, 6.07) is 10.7. The summed E-state index contributed by atoms with van der Waals surface area (Å²) in [5.74, 6) is 1.18. The number of thiazole rings is 1. The number of nitrogens with one attached hydrogen (secondary N) is 2. The number of aromatic nitrogens is 1. The Labute approximate surface area is 177 Å². The first-order chi connectivity index (χ1) is 14.0. The van der Waals surface area contributed by atoms with E-state index in [-0.39, 0.29) is 12.3 Å². The highest BCUT2D eigenvalue weighted by atomic mass is 35.5. The molecule has 0 aliphatic carbocycles. The molecular formula is C20H20ClN3O4S. The van der Waals surface area contributed by atoms with Crippen molar-refractivity contribution < 1.29 is 19.0 Å². The lowest BCUT2D eigenvalue weighted by molar-refractivity contribution is -0.115. The molecule has 1 amide bonds. The zero-order valence-electron chi connectivity index (χ0n) is 16.1. The van der Waals surface area contributed by atoms with E-state index in [0.29, 0.717) is 38.8 Å². The van der Waals surface area contributed by atoms with Gasteiger partial charge in [0.15, 0.2) is 16.6 Å². The van der Waals surface area contributed by atoms with Crippen LogP contribution in [-0.4, -0.2) is 32.2 Å². The molecule has 0 fully saturated rings. The number of amides is 1. The molecule has 3 rings (SSSR count). The van der Waals surface area contributed by atoms with Gasteiger partial charge in [0, 0.05) is 33.9 Å². The molecule has 9 heteroatoms. The van der Waals surface area contributed by atoms with Crippen LogP contribution in [0.4, 0.5) is 16.5 Å². The molecule has 0 radical (unpaired) electrons. The second kappa shape index (κ2) is 9.49. The predicted molar refractivity (Wildman–Crippen MR) is 115 cm³/mol. The number of ether oxygens (including phenoxy) is 3. The minimum absolute atomic E-state index is 0.129. The Morgan fingerprint density at radius 1 is 1.07 bits per heavy atom. The van der Waals surface area contributed by atoms with Crippen molar-refractivity contribution in [2.24, 2.45) is 0 Å². The van der Waals surface area contributed by atoms with Crippen LogP contribution in [0.2, 0.25) is 5.02 Å². The largest absolute Gasteiger partial charge is 0.493 e. The van der Waals surface area contributed by atoms with E-state index in [2.05, 4.69) is 15.6 Å². The molecular weight excluding hydrogens is 414 g/mol. The van der Waals surface area contributed by atoms with Gasteiger partial charge in [0.25, 0.3) is 0 Å². The molecule has 0 saturated heterocycles. The first-order valence-corrected chi connectivity index (χ1v) is 9.85. The summed E-state index contributed by atoms with van der Waals surface area (Å²) in [5.41, 5.74) is 2.03. The number of benzene rings is 2. The fraction of sp³-hybridized carbons (Fsp3) is 0.200. The number of anilines is 3. The minimum atomic E-state index is -0.209. The van der Waals surface area contributed by atoms with Crippen molar-refractivity contribution >= 4 is 45.4 Å². The lowest BCUT2D eigenvalue weighted by atomic mass is 10.2. The van der Waals surface area contributed by atoms with Gasteiger partial charge in [-0.25, -0.2) is 4.98 Å². The number of hydrogen-bond acceptors (Lipinski definition) is 7. The molecule has 0 bridgehead atoms. The number of carbonyl (C=O) groups excluding carboxylic acids is 1. The summed E-state index contributed by atoms with van der Waals surface area (Å²) in [6.07, 6.45) is 0.129. The van der Waals surface area contributed by atoms with Crippen molar-refractivity contribution in [3.8, 4) is 17.2 Å². The Kier molecular flexibility index (Phi) is 6.79. The van der Waals surface area contributed by atoms with Crippen LogP contribution in [0.5, 0.6) is 17.2 Å². The van der Waals surface area contributed by atoms with Gasteiger partial charge in [-0.05, 0) is 18.2 Å². The van der Waals surface area contributed by atoms with Crippen LogP contribution in [0, 0.1) is 0 Å². The van der Waals surface area contributed by atoms with E-state index >= 15 is 0 Å². The molecule has 0 atom stereocenters. The van der Waals surface area contributed by atoms with Gasteiger partial charge < -0.3 is 24.8 Å². The fourth-order valence-electron chi connectivity index (χ4n) is 2.66. The lowest BCUT2D eigenvalue weighted by Crippen LogP contribution is -2.15. The molecule has 0 saturated carbocycles. The average Bonchev–Trinajstić information content (AvgIpc) is 3.13. The summed E-state index contributed by atoms with van der Waals surface area (Å²) >= 11 is 7.40. The molecule has 0 aliphatic rings. The quantitative estimate of drug-likeness (QED) is 0.533. The molecule has 29 heavy (non-hydrogen) atoms. The number of rotatable bonds is 8. The molecule has 1 aromatic heterocycles. The third-order valence-corrected chi connectivity index (χ3v) is 4.96. The average molecular weight is 434 g/mol. The highest BCUT2D eigenvalue weighted by Gasteiger charge is 2.15. The molecule has 0 aliphatic heterocycles. The number of halogens is 1. The van der Waals surface area contributed by atoms with E-state index < -0.39 is 0 Å². The van der Waals surface area contributed by atoms with Gasteiger partial charge in [-0.1, -0.05) is 17.7 Å². The normalized spacial score (nSPS) is 10.3. The Hall–Kier alpha value is -2.97. The monoisotopic (exact) mass is 433 g/mol. The van der Waals surface area contributed by atoms with Crippen molar-refractivity contribution in [1.29, 1.82) is 0 Å². The molecule has 0 spiro atoms. The molecule has 1 heterocycles. The summed E-state index contributed by atoms with van der Waals surface area (Å²) in [6.45, 7) is 0. The van der Waals surface area contributed by atoms with Gasteiger partial charge in [0.05, 0.1) is 33.4 Å². The summed E-state index contributed by atoms with van der Waals surface area (Å²) in [4.78, 5) is 16.9. The van der Waals surface area contributed by atoms with Crippen LogP contribution in [0.25, 0.3) is 0 Å². The van der Waals surface area contributed by atoms with Crippen molar-refractivity contribution in [3.05, 3.63) is 52.5 Å². The van der Waals surface area contributed by atoms with E-state index in [1.54, 1.807) is 24.3 Å². The van der Waals surface area contributed by atoms with Crippen LogP contribution in [-0.2, 0) is 11.2 Å². The highest BCUT2D eigenvalue weighted by Crippen LogP contribution is 2.40. The Balaban J connectivity index is 1.66. The van der Waals surface area contributed by atoms with Crippen LogP contribution < -0.4 is 24.8 Å². The third-order valence-electron chi connectivity index (χ3n) is 3.92. The SMILES string of the molecule is COc1cc(NC(=O)Cc2csc(Nc3cccc(Cl)c3)n2)cc(OC)c1OC. The third kappa shape index (κ3) is 5.30. The Morgan fingerprint density at radius 2 is 1.79 bits per heavy atom. The topological polar surface area (TPSA) is 81.7 Å². The molecule has 2 aromatic carbocycles. The maximum absolute atomic E-state index is 12.5. The van der Waals surface area contributed by atoms with Crippen LogP contribution in [0.15, 0.2) is 41.8 Å². The maximum atomic E-state index is 12.5. The smallest absolute Gasteiger partial charge is 0.230 e. The zero-order chi connectivity index (χ0) is 20.8. The molecule has 152 valence electrons. The summed E-state index contributed by atoms with van der Waals surface area (Å²) in [7, 11) is 4.56. The first kappa shape index (κ1) is 20.8. The highest BCUT2D eigenvalue weighted by molar-refractivity contribution is 7.13. The minimum Gasteiger partial charge on any atom is -0.493 e. The van der Waals surface area contributed by atoms with Gasteiger partial charge in [0.1, 0.15) is 0 Å². The predicted octanol–water partition coefficient (Wildman–Crippen LogP) is 4.75. The van der Waals surface area contributed by atoms with Crippen molar-refractivity contribution in [2.75, 3.05) is 32.0 Å². The van der Waals surface area contributed by atoms with Gasteiger partial charge in [-0.3, -0.25) is 4.79 Å². The summed E-state index contributed by atoms with van der Waals surface area (Å²) < 4.78 is 15.9. The van der Waals surface area contributed by atoms with Crippen LogP contribution in [0.3, 0.4) is 0 Å². The number of nitrogens with zero attached hydrogens (tertiary/aromatic N) is 1. The molecule has 2 N–H and O–H groups in total. The van der Waals surface area contributed by atoms with Crippen molar-refractivity contribution in [3.63, 3.8) is 0 Å².